The van der Waals surface area contributed by atoms with E-state index >= 15 is 0 Å². The molecule has 0 unspecified atom stereocenters. The Hall–Kier alpha value is -2.00. The highest BCUT2D eigenvalue weighted by atomic mass is 16.5. The normalized spacial score (nSPS) is 18.6. The highest BCUT2D eigenvalue weighted by Crippen LogP contribution is 2.28. The molecule has 3 heteroatoms. The largest absolute Gasteiger partial charge is 0.493 e. The minimum Gasteiger partial charge on any atom is -0.493 e. The molecule has 0 aromatic heterocycles. The van der Waals surface area contributed by atoms with Gasteiger partial charge in [0.15, 0.2) is 11.5 Å². The fourth-order valence-corrected chi connectivity index (χ4v) is 2.77. The van der Waals surface area contributed by atoms with Crippen LogP contribution in [0.25, 0.3) is 0 Å². The summed E-state index contributed by atoms with van der Waals surface area (Å²) in [5, 5.41) is 0. The summed E-state index contributed by atoms with van der Waals surface area (Å²) in [5.74, 6) is 1.64. The molecule has 3 nitrogen and oxygen atoms in total. The summed E-state index contributed by atoms with van der Waals surface area (Å²) in [6.45, 7) is 3.04. The van der Waals surface area contributed by atoms with E-state index in [1.165, 1.54) is 5.56 Å². The number of hydrogen-bond acceptors (Lipinski definition) is 3. The van der Waals surface area contributed by atoms with Crippen molar-refractivity contribution in [3.05, 3.63) is 60.2 Å². The van der Waals surface area contributed by atoms with Gasteiger partial charge in [-0.15, -0.1) is 0 Å². The van der Waals surface area contributed by atoms with E-state index < -0.39 is 0 Å². The second-order valence-corrected chi connectivity index (χ2v) is 5.40. The van der Waals surface area contributed by atoms with Gasteiger partial charge in [-0.1, -0.05) is 42.5 Å². The molecule has 1 fully saturated rings. The maximum absolute atomic E-state index is 6.10. The molecular weight excluding hydrogens is 262 g/mol. The van der Waals surface area contributed by atoms with Gasteiger partial charge in [0.05, 0.1) is 7.11 Å². The summed E-state index contributed by atoms with van der Waals surface area (Å²) in [6.07, 6.45) is 1.30. The molecular formula is C18H21NO2. The molecule has 1 heterocycles. The Labute approximate surface area is 126 Å². The van der Waals surface area contributed by atoms with Gasteiger partial charge in [-0.3, -0.25) is 4.90 Å². The maximum atomic E-state index is 6.10. The zero-order valence-corrected chi connectivity index (χ0v) is 12.4. The summed E-state index contributed by atoms with van der Waals surface area (Å²) in [7, 11) is 1.68. The maximum Gasteiger partial charge on any atom is 0.161 e. The third-order valence-corrected chi connectivity index (χ3v) is 3.84. The average Bonchev–Trinajstić information content (AvgIpc) is 2.96. The van der Waals surface area contributed by atoms with E-state index in [0.29, 0.717) is 0 Å². The van der Waals surface area contributed by atoms with Gasteiger partial charge in [-0.05, 0) is 24.1 Å². The molecule has 0 spiro atoms. The fraction of sp³-hybridized carbons (Fsp3) is 0.333. The Bertz CT molecular complexity index is 570. The predicted molar refractivity (Wildman–Crippen MR) is 83.7 cm³/mol. The van der Waals surface area contributed by atoms with Gasteiger partial charge in [0.25, 0.3) is 0 Å². The highest BCUT2D eigenvalue weighted by Gasteiger charge is 2.24. The molecule has 1 aliphatic rings. The molecule has 1 atom stereocenters. The van der Waals surface area contributed by atoms with E-state index in [1.54, 1.807) is 7.11 Å². The van der Waals surface area contributed by atoms with Crippen molar-refractivity contribution in [2.24, 2.45) is 0 Å². The molecule has 0 amide bonds. The van der Waals surface area contributed by atoms with Crippen LogP contribution in [0, 0.1) is 0 Å². The lowest BCUT2D eigenvalue weighted by atomic mass is 10.2. The van der Waals surface area contributed by atoms with Gasteiger partial charge in [0.1, 0.15) is 6.10 Å². The molecule has 3 rings (SSSR count). The minimum atomic E-state index is 0.241. The minimum absolute atomic E-state index is 0.241. The first kappa shape index (κ1) is 14.0. The van der Waals surface area contributed by atoms with E-state index in [4.69, 9.17) is 9.47 Å². The lowest BCUT2D eigenvalue weighted by Crippen LogP contribution is -2.24. The number of rotatable bonds is 5. The van der Waals surface area contributed by atoms with E-state index in [0.717, 1.165) is 37.6 Å². The molecule has 1 saturated heterocycles. The van der Waals surface area contributed by atoms with Crippen molar-refractivity contribution in [2.45, 2.75) is 19.1 Å². The van der Waals surface area contributed by atoms with Crippen molar-refractivity contribution in [1.82, 2.24) is 4.90 Å². The van der Waals surface area contributed by atoms with Crippen molar-refractivity contribution >= 4 is 0 Å². The number of para-hydroxylation sites is 2. The van der Waals surface area contributed by atoms with Crippen molar-refractivity contribution in [3.63, 3.8) is 0 Å². The zero-order valence-electron chi connectivity index (χ0n) is 12.4. The van der Waals surface area contributed by atoms with Crippen LogP contribution in [-0.2, 0) is 6.54 Å². The van der Waals surface area contributed by atoms with Gasteiger partial charge in [0.2, 0.25) is 0 Å². The summed E-state index contributed by atoms with van der Waals surface area (Å²) >= 11 is 0. The Morgan fingerprint density at radius 1 is 1.00 bits per heavy atom. The molecule has 1 aliphatic heterocycles. The Morgan fingerprint density at radius 2 is 1.71 bits per heavy atom. The Kier molecular flexibility index (Phi) is 4.41. The van der Waals surface area contributed by atoms with Gasteiger partial charge in [0, 0.05) is 19.6 Å². The van der Waals surface area contributed by atoms with Gasteiger partial charge in [-0.25, -0.2) is 0 Å². The summed E-state index contributed by atoms with van der Waals surface area (Å²) in [6, 6.07) is 18.4. The summed E-state index contributed by atoms with van der Waals surface area (Å²) in [4.78, 5) is 2.44. The zero-order chi connectivity index (χ0) is 14.5. The average molecular weight is 283 g/mol. The quantitative estimate of drug-likeness (QED) is 0.840. The smallest absolute Gasteiger partial charge is 0.161 e. The van der Waals surface area contributed by atoms with Crippen LogP contribution in [0.4, 0.5) is 0 Å². The first-order valence-corrected chi connectivity index (χ1v) is 7.41. The van der Waals surface area contributed by atoms with Crippen molar-refractivity contribution in [2.75, 3.05) is 20.2 Å². The molecule has 0 aliphatic carbocycles. The number of nitrogens with zero attached hydrogens (tertiary/aromatic N) is 1. The second-order valence-electron chi connectivity index (χ2n) is 5.40. The highest BCUT2D eigenvalue weighted by molar-refractivity contribution is 5.39. The molecule has 110 valence electrons. The van der Waals surface area contributed by atoms with Crippen LogP contribution < -0.4 is 9.47 Å². The lowest BCUT2D eigenvalue weighted by molar-refractivity contribution is 0.191. The molecule has 0 N–H and O–H groups in total. The fourth-order valence-electron chi connectivity index (χ4n) is 2.77. The van der Waals surface area contributed by atoms with Crippen LogP contribution in [0.2, 0.25) is 0 Å². The van der Waals surface area contributed by atoms with Crippen LogP contribution in [0.1, 0.15) is 12.0 Å². The van der Waals surface area contributed by atoms with E-state index in [9.17, 15) is 0 Å². The first-order chi connectivity index (χ1) is 10.3. The van der Waals surface area contributed by atoms with Crippen molar-refractivity contribution in [3.8, 4) is 11.5 Å². The molecule has 0 saturated carbocycles. The van der Waals surface area contributed by atoms with Crippen molar-refractivity contribution in [1.29, 1.82) is 0 Å². The van der Waals surface area contributed by atoms with Gasteiger partial charge in [-0.2, -0.15) is 0 Å². The third-order valence-electron chi connectivity index (χ3n) is 3.84. The monoisotopic (exact) mass is 283 g/mol. The van der Waals surface area contributed by atoms with E-state index in [1.807, 2.05) is 24.3 Å². The van der Waals surface area contributed by atoms with Crippen LogP contribution in [0.5, 0.6) is 11.5 Å². The number of methoxy groups -OCH3 is 1. The Balaban J connectivity index is 1.57. The molecule has 0 radical (unpaired) electrons. The van der Waals surface area contributed by atoms with Crippen LogP contribution in [0.15, 0.2) is 54.6 Å². The second kappa shape index (κ2) is 6.64. The first-order valence-electron chi connectivity index (χ1n) is 7.41. The van der Waals surface area contributed by atoms with Crippen LogP contribution in [-0.4, -0.2) is 31.2 Å². The van der Waals surface area contributed by atoms with Crippen LogP contribution >= 0.6 is 0 Å². The number of ether oxygens (including phenoxy) is 2. The SMILES string of the molecule is COc1ccccc1O[C@H]1CCN(Cc2ccccc2)C1. The van der Waals surface area contributed by atoms with Gasteiger partial charge < -0.3 is 9.47 Å². The molecule has 0 bridgehead atoms. The number of hydrogen-bond donors (Lipinski definition) is 0. The lowest BCUT2D eigenvalue weighted by Gasteiger charge is -2.18. The molecule has 21 heavy (non-hydrogen) atoms. The van der Waals surface area contributed by atoms with E-state index in [2.05, 4.69) is 35.2 Å². The van der Waals surface area contributed by atoms with Crippen LogP contribution in [0.3, 0.4) is 0 Å². The number of likely N-dealkylation sites (tertiary alicyclic amines) is 1. The summed E-state index contributed by atoms with van der Waals surface area (Å²) < 4.78 is 11.4. The van der Waals surface area contributed by atoms with E-state index in [-0.39, 0.29) is 6.10 Å². The number of benzene rings is 2. The predicted octanol–water partition coefficient (Wildman–Crippen LogP) is 3.35. The third kappa shape index (κ3) is 3.56. The standard InChI is InChI=1S/C18H21NO2/c1-20-17-9-5-6-10-18(17)21-16-11-12-19(14-16)13-15-7-3-2-4-8-15/h2-10,16H,11-14H2,1H3/t16-/m0/s1. The topological polar surface area (TPSA) is 21.7 Å². The molecule has 2 aromatic rings. The summed E-state index contributed by atoms with van der Waals surface area (Å²) in [5.41, 5.74) is 1.36. The molecule has 2 aromatic carbocycles. The van der Waals surface area contributed by atoms with Crippen molar-refractivity contribution < 1.29 is 9.47 Å². The Morgan fingerprint density at radius 3 is 2.48 bits per heavy atom. The van der Waals surface area contributed by atoms with Gasteiger partial charge >= 0.3 is 0 Å².